The van der Waals surface area contributed by atoms with Crippen LogP contribution in [0.25, 0.3) is 0 Å². The molecular formula is C10H17Br. The maximum absolute atomic E-state index is 3.79. The third-order valence-corrected chi connectivity index (χ3v) is 4.30. The van der Waals surface area contributed by atoms with Gasteiger partial charge in [0.1, 0.15) is 0 Å². The predicted octanol–water partition coefficient (Wildman–Crippen LogP) is 3.76. The fourth-order valence-electron chi connectivity index (χ4n) is 1.89. The summed E-state index contributed by atoms with van der Waals surface area (Å²) in [5.74, 6) is 0.813. The van der Waals surface area contributed by atoms with Crippen molar-refractivity contribution in [3.8, 4) is 0 Å². The van der Waals surface area contributed by atoms with Crippen molar-refractivity contribution in [3.05, 3.63) is 12.7 Å². The summed E-state index contributed by atoms with van der Waals surface area (Å²) < 4.78 is 0. The summed E-state index contributed by atoms with van der Waals surface area (Å²) in [6, 6.07) is 0. The molecule has 64 valence electrons. The second-order valence-corrected chi connectivity index (χ2v) is 4.34. The average molecular weight is 217 g/mol. The Bertz CT molecular complexity index is 130. The van der Waals surface area contributed by atoms with Gasteiger partial charge in [0.15, 0.2) is 0 Å². The van der Waals surface area contributed by atoms with Crippen molar-refractivity contribution < 1.29 is 0 Å². The molecule has 0 aliphatic heterocycles. The monoisotopic (exact) mass is 216 g/mol. The van der Waals surface area contributed by atoms with E-state index >= 15 is 0 Å². The Morgan fingerprint density at radius 3 is 2.55 bits per heavy atom. The third kappa shape index (κ3) is 1.69. The summed E-state index contributed by atoms with van der Waals surface area (Å²) in [6.07, 6.45) is 7.46. The largest absolute Gasteiger partial charge is 0.103 e. The van der Waals surface area contributed by atoms with Crippen LogP contribution in [0.5, 0.6) is 0 Å². The normalized spacial score (nSPS) is 23.8. The molecule has 0 aromatic rings. The van der Waals surface area contributed by atoms with Crippen LogP contribution >= 0.6 is 15.9 Å². The smallest absolute Gasteiger partial charge is 0.00906 e. The zero-order valence-electron chi connectivity index (χ0n) is 7.28. The van der Waals surface area contributed by atoms with Gasteiger partial charge in [-0.2, -0.15) is 0 Å². The van der Waals surface area contributed by atoms with E-state index in [1.165, 1.54) is 31.0 Å². The van der Waals surface area contributed by atoms with Gasteiger partial charge in [0.2, 0.25) is 0 Å². The van der Waals surface area contributed by atoms with Crippen molar-refractivity contribution in [2.45, 2.75) is 32.6 Å². The van der Waals surface area contributed by atoms with E-state index in [-0.39, 0.29) is 0 Å². The third-order valence-electron chi connectivity index (χ3n) is 3.18. The SMILES string of the molecule is C=CCC(C)C1(CBr)CCC1. The van der Waals surface area contributed by atoms with Gasteiger partial charge in [0.25, 0.3) is 0 Å². The number of halogens is 1. The fraction of sp³-hybridized carbons (Fsp3) is 0.800. The summed E-state index contributed by atoms with van der Waals surface area (Å²) in [5, 5.41) is 1.18. The maximum Gasteiger partial charge on any atom is 0.00906 e. The highest BCUT2D eigenvalue weighted by Gasteiger charge is 2.39. The zero-order valence-corrected chi connectivity index (χ0v) is 8.86. The van der Waals surface area contributed by atoms with E-state index in [2.05, 4.69) is 29.4 Å². The van der Waals surface area contributed by atoms with E-state index in [1.807, 2.05) is 6.08 Å². The second kappa shape index (κ2) is 3.75. The molecule has 0 bridgehead atoms. The van der Waals surface area contributed by atoms with E-state index in [4.69, 9.17) is 0 Å². The Labute approximate surface area is 78.2 Å². The Morgan fingerprint density at radius 2 is 2.27 bits per heavy atom. The molecule has 1 rings (SSSR count). The summed E-state index contributed by atoms with van der Waals surface area (Å²) in [4.78, 5) is 0. The molecule has 0 aromatic carbocycles. The molecule has 0 aromatic heterocycles. The van der Waals surface area contributed by atoms with Gasteiger partial charge in [-0.05, 0) is 30.6 Å². The lowest BCUT2D eigenvalue weighted by molar-refractivity contribution is 0.0916. The van der Waals surface area contributed by atoms with Gasteiger partial charge in [-0.1, -0.05) is 35.4 Å². The van der Waals surface area contributed by atoms with E-state index in [9.17, 15) is 0 Å². The lowest BCUT2D eigenvalue weighted by Gasteiger charge is -2.45. The Balaban J connectivity index is 2.46. The molecular weight excluding hydrogens is 200 g/mol. The molecule has 1 atom stereocenters. The van der Waals surface area contributed by atoms with Crippen LogP contribution in [0.15, 0.2) is 12.7 Å². The van der Waals surface area contributed by atoms with Crippen LogP contribution in [-0.2, 0) is 0 Å². The number of rotatable bonds is 4. The van der Waals surface area contributed by atoms with Crippen molar-refractivity contribution in [1.29, 1.82) is 0 Å². The molecule has 0 N–H and O–H groups in total. The first kappa shape index (κ1) is 9.31. The lowest BCUT2D eigenvalue weighted by atomic mass is 9.62. The molecule has 1 aliphatic rings. The van der Waals surface area contributed by atoms with Crippen LogP contribution in [0.1, 0.15) is 32.6 Å². The van der Waals surface area contributed by atoms with Crippen LogP contribution in [-0.4, -0.2) is 5.33 Å². The molecule has 0 spiro atoms. The Kier molecular flexibility index (Phi) is 3.17. The molecule has 11 heavy (non-hydrogen) atoms. The van der Waals surface area contributed by atoms with Gasteiger partial charge in [-0.15, -0.1) is 6.58 Å². The quantitative estimate of drug-likeness (QED) is 0.496. The van der Waals surface area contributed by atoms with Gasteiger partial charge in [0, 0.05) is 5.33 Å². The highest BCUT2D eigenvalue weighted by molar-refractivity contribution is 9.09. The molecule has 1 unspecified atom stereocenters. The Hall–Kier alpha value is 0.220. The molecule has 0 amide bonds. The van der Waals surface area contributed by atoms with Crippen LogP contribution in [0.2, 0.25) is 0 Å². The summed E-state index contributed by atoms with van der Waals surface area (Å²) in [6.45, 7) is 6.14. The number of hydrogen-bond donors (Lipinski definition) is 0. The molecule has 0 nitrogen and oxygen atoms in total. The van der Waals surface area contributed by atoms with Crippen LogP contribution < -0.4 is 0 Å². The molecule has 0 saturated heterocycles. The Morgan fingerprint density at radius 1 is 1.64 bits per heavy atom. The van der Waals surface area contributed by atoms with Crippen molar-refractivity contribution in [2.24, 2.45) is 11.3 Å². The maximum atomic E-state index is 3.79. The molecule has 0 radical (unpaired) electrons. The molecule has 1 aliphatic carbocycles. The second-order valence-electron chi connectivity index (χ2n) is 3.77. The standard InChI is InChI=1S/C10H17Br/c1-3-5-9(2)10(8-11)6-4-7-10/h3,9H,1,4-8H2,2H3. The number of allylic oxidation sites excluding steroid dienone is 1. The molecule has 0 heterocycles. The first-order valence-electron chi connectivity index (χ1n) is 4.42. The van der Waals surface area contributed by atoms with E-state index < -0.39 is 0 Å². The number of hydrogen-bond acceptors (Lipinski definition) is 0. The van der Waals surface area contributed by atoms with Crippen molar-refractivity contribution in [3.63, 3.8) is 0 Å². The van der Waals surface area contributed by atoms with E-state index in [0.29, 0.717) is 5.41 Å². The van der Waals surface area contributed by atoms with E-state index in [0.717, 1.165) is 5.92 Å². The van der Waals surface area contributed by atoms with Crippen LogP contribution in [0, 0.1) is 11.3 Å². The van der Waals surface area contributed by atoms with Gasteiger partial charge < -0.3 is 0 Å². The first-order valence-corrected chi connectivity index (χ1v) is 5.54. The van der Waals surface area contributed by atoms with Gasteiger partial charge in [-0.25, -0.2) is 0 Å². The highest BCUT2D eigenvalue weighted by Crippen LogP contribution is 2.49. The first-order chi connectivity index (χ1) is 5.25. The van der Waals surface area contributed by atoms with Gasteiger partial charge in [-0.3, -0.25) is 0 Å². The minimum Gasteiger partial charge on any atom is -0.103 e. The van der Waals surface area contributed by atoms with Crippen LogP contribution in [0.3, 0.4) is 0 Å². The molecule has 1 saturated carbocycles. The van der Waals surface area contributed by atoms with Crippen molar-refractivity contribution in [2.75, 3.05) is 5.33 Å². The molecule has 1 heteroatoms. The number of alkyl halides is 1. The fourth-order valence-corrected chi connectivity index (χ4v) is 3.00. The van der Waals surface area contributed by atoms with Crippen LogP contribution in [0.4, 0.5) is 0 Å². The summed E-state index contributed by atoms with van der Waals surface area (Å²) in [7, 11) is 0. The zero-order chi connectivity index (χ0) is 8.32. The highest BCUT2D eigenvalue weighted by atomic mass is 79.9. The molecule has 1 fully saturated rings. The summed E-state index contributed by atoms with van der Waals surface area (Å²) in [5.41, 5.74) is 0.619. The van der Waals surface area contributed by atoms with E-state index in [1.54, 1.807) is 0 Å². The minimum atomic E-state index is 0.619. The lowest BCUT2D eigenvalue weighted by Crippen LogP contribution is -2.37. The van der Waals surface area contributed by atoms with Crippen molar-refractivity contribution in [1.82, 2.24) is 0 Å². The predicted molar refractivity (Wildman–Crippen MR) is 54.1 cm³/mol. The van der Waals surface area contributed by atoms with Gasteiger partial charge in [0.05, 0.1) is 0 Å². The van der Waals surface area contributed by atoms with Crippen molar-refractivity contribution >= 4 is 15.9 Å². The minimum absolute atomic E-state index is 0.619. The summed E-state index contributed by atoms with van der Waals surface area (Å²) >= 11 is 3.62. The van der Waals surface area contributed by atoms with Gasteiger partial charge >= 0.3 is 0 Å². The average Bonchev–Trinajstić information content (AvgIpc) is 1.87. The topological polar surface area (TPSA) is 0 Å².